The van der Waals surface area contributed by atoms with Gasteiger partial charge in [0.25, 0.3) is 0 Å². The number of hydrogen-bond donors (Lipinski definition) is 2. The van der Waals surface area contributed by atoms with Crippen LogP contribution in [0.3, 0.4) is 0 Å². The van der Waals surface area contributed by atoms with Crippen LogP contribution < -0.4 is 10.6 Å². The fourth-order valence-electron chi connectivity index (χ4n) is 3.04. The number of benzene rings is 1. The number of alkyl halides is 3. The maximum atomic E-state index is 14.2. The van der Waals surface area contributed by atoms with Crippen molar-refractivity contribution in [2.75, 3.05) is 18.4 Å². The van der Waals surface area contributed by atoms with Gasteiger partial charge in [0, 0.05) is 29.9 Å². The summed E-state index contributed by atoms with van der Waals surface area (Å²) < 4.78 is 52.2. The summed E-state index contributed by atoms with van der Waals surface area (Å²) in [6, 6.07) is 2.83. The van der Waals surface area contributed by atoms with E-state index in [0.29, 0.717) is 35.9 Å². The topological polar surface area (TPSA) is 49.8 Å². The number of anilines is 1. The lowest BCUT2D eigenvalue weighted by molar-refractivity contribution is -0.137. The molecule has 1 fully saturated rings. The third-order valence-electron chi connectivity index (χ3n) is 4.48. The van der Waals surface area contributed by atoms with Crippen LogP contribution in [0.4, 0.5) is 23.5 Å². The summed E-state index contributed by atoms with van der Waals surface area (Å²) in [5, 5.41) is 6.56. The third-order valence-corrected chi connectivity index (χ3v) is 4.48. The minimum atomic E-state index is -4.58. The van der Waals surface area contributed by atoms with E-state index in [2.05, 4.69) is 20.6 Å². The van der Waals surface area contributed by atoms with E-state index in [0.717, 1.165) is 25.1 Å². The van der Waals surface area contributed by atoms with Gasteiger partial charge in [0.2, 0.25) is 5.95 Å². The number of aryl methyl sites for hydroxylation is 1. The Hall–Kier alpha value is -1.93. The third kappa shape index (κ3) is 5.29. The number of aromatic nitrogens is 2. The average molecular weight is 405 g/mol. The Labute approximate surface area is 161 Å². The van der Waals surface area contributed by atoms with Crippen molar-refractivity contribution in [3.63, 3.8) is 0 Å². The highest BCUT2D eigenvalue weighted by Gasteiger charge is 2.31. The fourth-order valence-corrected chi connectivity index (χ4v) is 3.04. The highest BCUT2D eigenvalue weighted by atomic mass is 35.5. The van der Waals surface area contributed by atoms with Crippen molar-refractivity contribution in [3.8, 4) is 11.1 Å². The summed E-state index contributed by atoms with van der Waals surface area (Å²) in [6.07, 6.45) is 0.308. The first-order valence-electron chi connectivity index (χ1n) is 8.52. The molecule has 0 radical (unpaired) electrons. The Morgan fingerprint density at radius 1 is 1.22 bits per heavy atom. The van der Waals surface area contributed by atoms with Crippen LogP contribution in [0.1, 0.15) is 30.5 Å². The molecule has 9 heteroatoms. The van der Waals surface area contributed by atoms with Crippen LogP contribution >= 0.6 is 12.4 Å². The molecular formula is C18H21ClF4N4. The minimum Gasteiger partial charge on any atom is -0.353 e. The predicted octanol–water partition coefficient (Wildman–Crippen LogP) is 4.59. The van der Waals surface area contributed by atoms with Crippen molar-refractivity contribution in [3.05, 3.63) is 41.5 Å². The molecular weight excluding hydrogens is 384 g/mol. The first-order valence-corrected chi connectivity index (χ1v) is 8.52. The lowest BCUT2D eigenvalue weighted by atomic mass is 10.0. The highest BCUT2D eigenvalue weighted by Crippen LogP contribution is 2.33. The van der Waals surface area contributed by atoms with E-state index < -0.39 is 17.6 Å². The molecule has 148 valence electrons. The van der Waals surface area contributed by atoms with Crippen LogP contribution in [0.5, 0.6) is 0 Å². The molecule has 2 N–H and O–H groups in total. The van der Waals surface area contributed by atoms with Crippen LogP contribution in [0, 0.1) is 12.7 Å². The molecule has 27 heavy (non-hydrogen) atoms. The smallest absolute Gasteiger partial charge is 0.353 e. The lowest BCUT2D eigenvalue weighted by Gasteiger charge is -2.23. The van der Waals surface area contributed by atoms with Gasteiger partial charge in [-0.05, 0) is 38.4 Å². The lowest BCUT2D eigenvalue weighted by Crippen LogP contribution is -2.39. The minimum absolute atomic E-state index is 0. The average Bonchev–Trinajstić information content (AvgIpc) is 2.60. The van der Waals surface area contributed by atoms with Gasteiger partial charge < -0.3 is 10.6 Å². The van der Waals surface area contributed by atoms with Crippen molar-refractivity contribution in [2.45, 2.75) is 38.4 Å². The maximum absolute atomic E-state index is 14.2. The molecule has 0 bridgehead atoms. The zero-order chi connectivity index (χ0) is 18.7. The predicted molar refractivity (Wildman–Crippen MR) is 98.5 cm³/mol. The first-order chi connectivity index (χ1) is 12.3. The molecule has 4 nitrogen and oxygen atoms in total. The van der Waals surface area contributed by atoms with E-state index in [1.807, 2.05) is 0 Å². The second-order valence-corrected chi connectivity index (χ2v) is 6.41. The number of rotatable bonds is 4. The molecule has 0 amide bonds. The molecule has 1 aliphatic heterocycles. The van der Waals surface area contributed by atoms with Crippen molar-refractivity contribution >= 4 is 18.4 Å². The summed E-state index contributed by atoms with van der Waals surface area (Å²) in [6.45, 7) is 3.37. The van der Waals surface area contributed by atoms with E-state index >= 15 is 0 Å². The summed E-state index contributed by atoms with van der Waals surface area (Å²) in [5.74, 6) is -0.524. The van der Waals surface area contributed by atoms with Gasteiger partial charge in [-0.25, -0.2) is 14.4 Å². The molecule has 1 aromatic heterocycles. The summed E-state index contributed by atoms with van der Waals surface area (Å²) in [5.41, 5.74) is -0.0954. The summed E-state index contributed by atoms with van der Waals surface area (Å²) in [7, 11) is 0. The van der Waals surface area contributed by atoms with Crippen molar-refractivity contribution in [1.29, 1.82) is 0 Å². The molecule has 1 atom stereocenters. The molecule has 1 aliphatic rings. The number of halogens is 5. The number of nitrogens with one attached hydrogen (secondary N) is 2. The van der Waals surface area contributed by atoms with E-state index in [9.17, 15) is 17.6 Å². The molecule has 1 unspecified atom stereocenters. The zero-order valence-corrected chi connectivity index (χ0v) is 15.6. The standard InChI is InChI=1S/C18H20F4N4.ClH/c1-11-15(14-6-5-12(8-16(14)19)18(20,21)22)10-25-17(26-11)24-9-13-4-2-3-7-23-13;/h5-6,8,10,13,23H,2-4,7,9H2,1H3,(H,24,25,26);1H. The largest absolute Gasteiger partial charge is 0.416 e. The monoisotopic (exact) mass is 404 g/mol. The number of hydrogen-bond acceptors (Lipinski definition) is 4. The van der Waals surface area contributed by atoms with Gasteiger partial charge in [-0.1, -0.05) is 12.5 Å². The molecule has 3 rings (SSSR count). The van der Waals surface area contributed by atoms with Crippen LogP contribution in [-0.4, -0.2) is 29.1 Å². The SMILES string of the molecule is Cc1nc(NCC2CCCCN2)ncc1-c1ccc(C(F)(F)F)cc1F.Cl. The van der Waals surface area contributed by atoms with Gasteiger partial charge in [0.15, 0.2) is 0 Å². The van der Waals surface area contributed by atoms with Crippen LogP contribution in [0.25, 0.3) is 11.1 Å². The zero-order valence-electron chi connectivity index (χ0n) is 14.7. The highest BCUT2D eigenvalue weighted by molar-refractivity contribution is 5.85. The Morgan fingerprint density at radius 2 is 2.00 bits per heavy atom. The Morgan fingerprint density at radius 3 is 2.59 bits per heavy atom. The van der Waals surface area contributed by atoms with Gasteiger partial charge in [-0.15, -0.1) is 12.4 Å². The van der Waals surface area contributed by atoms with Crippen LogP contribution in [0.15, 0.2) is 24.4 Å². The van der Waals surface area contributed by atoms with E-state index in [-0.39, 0.29) is 18.0 Å². The fraction of sp³-hybridized carbons (Fsp3) is 0.444. The van der Waals surface area contributed by atoms with Gasteiger partial charge in [-0.2, -0.15) is 13.2 Å². The molecule has 1 aromatic carbocycles. The second kappa shape index (κ2) is 8.84. The number of piperidine rings is 1. The summed E-state index contributed by atoms with van der Waals surface area (Å²) >= 11 is 0. The van der Waals surface area contributed by atoms with Gasteiger partial charge in [0.05, 0.1) is 11.3 Å². The molecule has 0 aliphatic carbocycles. The van der Waals surface area contributed by atoms with Crippen molar-refractivity contribution < 1.29 is 17.6 Å². The Balaban J connectivity index is 0.00000261. The summed E-state index contributed by atoms with van der Waals surface area (Å²) in [4.78, 5) is 8.48. The molecule has 0 saturated carbocycles. The van der Waals surface area contributed by atoms with Gasteiger partial charge in [0.1, 0.15) is 5.82 Å². The maximum Gasteiger partial charge on any atom is 0.416 e. The first kappa shape index (κ1) is 21.4. The van der Waals surface area contributed by atoms with E-state index in [1.165, 1.54) is 19.0 Å². The molecule has 2 heterocycles. The molecule has 1 saturated heterocycles. The van der Waals surface area contributed by atoms with Crippen LogP contribution in [0.2, 0.25) is 0 Å². The normalized spacial score (nSPS) is 17.3. The van der Waals surface area contributed by atoms with Gasteiger partial charge in [-0.3, -0.25) is 0 Å². The quantitative estimate of drug-likeness (QED) is 0.732. The molecule has 0 spiro atoms. The van der Waals surface area contributed by atoms with E-state index in [4.69, 9.17) is 0 Å². The Bertz CT molecular complexity index is 776. The number of nitrogens with zero attached hydrogens (tertiary/aromatic N) is 2. The Kier molecular flexibility index (Phi) is 7.00. The van der Waals surface area contributed by atoms with Crippen molar-refractivity contribution in [1.82, 2.24) is 15.3 Å². The molecule has 2 aromatic rings. The van der Waals surface area contributed by atoms with Crippen molar-refractivity contribution in [2.24, 2.45) is 0 Å². The second-order valence-electron chi connectivity index (χ2n) is 6.41. The van der Waals surface area contributed by atoms with Gasteiger partial charge >= 0.3 is 6.18 Å². The van der Waals surface area contributed by atoms with E-state index in [1.54, 1.807) is 6.92 Å². The van der Waals surface area contributed by atoms with Crippen LogP contribution in [-0.2, 0) is 6.18 Å².